The average Bonchev–Trinajstić information content (AvgIpc) is 3.44. The van der Waals surface area contributed by atoms with Crippen LogP contribution in [0, 0.1) is 6.92 Å². The maximum Gasteiger partial charge on any atom is 0.247 e. The van der Waals surface area contributed by atoms with E-state index in [0.29, 0.717) is 18.0 Å². The summed E-state index contributed by atoms with van der Waals surface area (Å²) in [5, 5.41) is 8.65. The van der Waals surface area contributed by atoms with Crippen LogP contribution in [-0.4, -0.2) is 21.1 Å². The highest BCUT2D eigenvalue weighted by Gasteiger charge is 2.37. The van der Waals surface area contributed by atoms with Gasteiger partial charge in [-0.15, -0.1) is 10.2 Å². The van der Waals surface area contributed by atoms with E-state index in [1.807, 2.05) is 12.1 Å². The number of hydrogen-bond donors (Lipinski definition) is 0. The highest BCUT2D eigenvalue weighted by molar-refractivity contribution is 5.52. The highest BCUT2D eigenvalue weighted by Crippen LogP contribution is 2.41. The number of aryl methyl sites for hydroxylation is 2. The van der Waals surface area contributed by atoms with Crippen LogP contribution in [0.3, 0.4) is 0 Å². The molecule has 5 rings (SSSR count). The lowest BCUT2D eigenvalue weighted by molar-refractivity contribution is 0.145. The molecule has 0 N–H and O–H groups in total. The SMILES string of the molecule is Cc1ccc(-c2nnc(CN(C3CC3)C3CCCc4ccccc43)o2)cc1. The topological polar surface area (TPSA) is 42.2 Å². The molecule has 3 aromatic rings. The van der Waals surface area contributed by atoms with Crippen LogP contribution >= 0.6 is 0 Å². The Hall–Kier alpha value is -2.46. The molecule has 2 aromatic carbocycles. The Balaban J connectivity index is 1.40. The fourth-order valence-corrected chi connectivity index (χ4v) is 4.26. The van der Waals surface area contributed by atoms with Crippen LogP contribution in [-0.2, 0) is 13.0 Å². The van der Waals surface area contributed by atoms with Crippen molar-refractivity contribution in [3.8, 4) is 11.5 Å². The van der Waals surface area contributed by atoms with Gasteiger partial charge in [0.25, 0.3) is 0 Å². The van der Waals surface area contributed by atoms with Gasteiger partial charge in [-0.3, -0.25) is 4.90 Å². The first-order valence-electron chi connectivity index (χ1n) is 10.0. The summed E-state index contributed by atoms with van der Waals surface area (Å²) >= 11 is 0. The Morgan fingerprint density at radius 3 is 2.63 bits per heavy atom. The maximum absolute atomic E-state index is 6.03. The van der Waals surface area contributed by atoms with Gasteiger partial charge in [0.1, 0.15) is 0 Å². The van der Waals surface area contributed by atoms with Crippen LogP contribution in [0.25, 0.3) is 11.5 Å². The number of rotatable bonds is 5. The molecule has 1 fully saturated rings. The summed E-state index contributed by atoms with van der Waals surface area (Å²) in [6.07, 6.45) is 6.22. The van der Waals surface area contributed by atoms with Gasteiger partial charge in [0, 0.05) is 17.6 Å². The second-order valence-corrected chi connectivity index (χ2v) is 7.88. The van der Waals surface area contributed by atoms with Crippen molar-refractivity contribution in [2.45, 2.75) is 57.7 Å². The third-order valence-corrected chi connectivity index (χ3v) is 5.84. The van der Waals surface area contributed by atoms with E-state index in [2.05, 4.69) is 58.4 Å². The van der Waals surface area contributed by atoms with E-state index in [1.54, 1.807) is 0 Å². The van der Waals surface area contributed by atoms with E-state index < -0.39 is 0 Å². The first-order valence-corrected chi connectivity index (χ1v) is 10.0. The Bertz CT molecular complexity index is 927. The van der Waals surface area contributed by atoms with Gasteiger partial charge in [0.05, 0.1) is 6.54 Å². The largest absolute Gasteiger partial charge is 0.419 e. The van der Waals surface area contributed by atoms with Crippen LogP contribution in [0.4, 0.5) is 0 Å². The Morgan fingerprint density at radius 2 is 1.81 bits per heavy atom. The van der Waals surface area contributed by atoms with Crippen LogP contribution in [0.15, 0.2) is 52.9 Å². The summed E-state index contributed by atoms with van der Waals surface area (Å²) in [4.78, 5) is 2.60. The third kappa shape index (κ3) is 3.42. The van der Waals surface area contributed by atoms with Crippen molar-refractivity contribution in [2.75, 3.05) is 0 Å². The normalized spacial score (nSPS) is 19.3. The lowest BCUT2D eigenvalue weighted by Crippen LogP contribution is -2.33. The third-order valence-electron chi connectivity index (χ3n) is 5.84. The quantitative estimate of drug-likeness (QED) is 0.636. The number of benzene rings is 2. The molecular weight excluding hydrogens is 334 g/mol. The summed E-state index contributed by atoms with van der Waals surface area (Å²) in [5.41, 5.74) is 5.22. The zero-order chi connectivity index (χ0) is 18.2. The predicted octanol–water partition coefficient (Wildman–Crippen LogP) is 5.09. The molecule has 0 radical (unpaired) electrons. The standard InChI is InChI=1S/C23H25N3O/c1-16-9-11-18(12-10-16)23-25-24-22(27-23)15-26(19-13-14-19)21-8-4-6-17-5-2-3-7-20(17)21/h2-3,5,7,9-12,19,21H,4,6,8,13-15H2,1H3. The molecule has 4 nitrogen and oxygen atoms in total. The fourth-order valence-electron chi connectivity index (χ4n) is 4.26. The lowest BCUT2D eigenvalue weighted by Gasteiger charge is -2.35. The molecule has 138 valence electrons. The number of fused-ring (bicyclic) bond motifs is 1. The van der Waals surface area contributed by atoms with Crippen LogP contribution in [0.2, 0.25) is 0 Å². The summed E-state index contributed by atoms with van der Waals surface area (Å²) in [6, 6.07) is 18.3. The van der Waals surface area contributed by atoms with Gasteiger partial charge >= 0.3 is 0 Å². The molecule has 0 spiro atoms. The molecule has 2 aliphatic rings. The van der Waals surface area contributed by atoms with Crippen molar-refractivity contribution < 1.29 is 4.42 Å². The Labute approximate surface area is 160 Å². The second-order valence-electron chi connectivity index (χ2n) is 7.88. The van der Waals surface area contributed by atoms with E-state index in [0.717, 1.165) is 18.0 Å². The molecule has 1 atom stereocenters. The van der Waals surface area contributed by atoms with Gasteiger partial charge in [-0.05, 0) is 62.3 Å². The smallest absolute Gasteiger partial charge is 0.247 e. The van der Waals surface area contributed by atoms with Gasteiger partial charge in [0.15, 0.2) is 0 Å². The Kier molecular flexibility index (Phi) is 4.29. The molecule has 1 unspecified atom stereocenters. The van der Waals surface area contributed by atoms with Gasteiger partial charge in [-0.25, -0.2) is 0 Å². The van der Waals surface area contributed by atoms with E-state index >= 15 is 0 Å². The highest BCUT2D eigenvalue weighted by atomic mass is 16.4. The minimum Gasteiger partial charge on any atom is -0.419 e. The second kappa shape index (κ2) is 6.93. The molecule has 0 aliphatic heterocycles. The first-order chi connectivity index (χ1) is 13.3. The van der Waals surface area contributed by atoms with Crippen molar-refractivity contribution in [2.24, 2.45) is 0 Å². The molecule has 1 aromatic heterocycles. The lowest BCUT2D eigenvalue weighted by atomic mass is 9.86. The fraction of sp³-hybridized carbons (Fsp3) is 0.391. The zero-order valence-electron chi connectivity index (χ0n) is 15.8. The molecule has 0 amide bonds. The van der Waals surface area contributed by atoms with Crippen LogP contribution in [0.1, 0.15) is 54.3 Å². The summed E-state index contributed by atoms with van der Waals surface area (Å²) < 4.78 is 6.03. The summed E-state index contributed by atoms with van der Waals surface area (Å²) in [5.74, 6) is 1.34. The number of aromatic nitrogens is 2. The van der Waals surface area contributed by atoms with E-state index in [-0.39, 0.29) is 0 Å². The molecule has 2 aliphatic carbocycles. The van der Waals surface area contributed by atoms with Gasteiger partial charge in [0.2, 0.25) is 11.8 Å². The molecule has 27 heavy (non-hydrogen) atoms. The van der Waals surface area contributed by atoms with Crippen molar-refractivity contribution in [1.29, 1.82) is 0 Å². The minimum absolute atomic E-state index is 0.470. The maximum atomic E-state index is 6.03. The summed E-state index contributed by atoms with van der Waals surface area (Å²) in [6.45, 7) is 2.82. The Morgan fingerprint density at radius 1 is 1.00 bits per heavy atom. The van der Waals surface area contributed by atoms with Crippen molar-refractivity contribution in [1.82, 2.24) is 15.1 Å². The number of nitrogens with zero attached hydrogens (tertiary/aromatic N) is 3. The molecule has 4 heteroatoms. The van der Waals surface area contributed by atoms with Crippen molar-refractivity contribution in [3.05, 3.63) is 71.1 Å². The minimum atomic E-state index is 0.470. The van der Waals surface area contributed by atoms with Crippen LogP contribution in [0.5, 0.6) is 0 Å². The molecule has 0 saturated heterocycles. The molecule has 1 saturated carbocycles. The monoisotopic (exact) mass is 359 g/mol. The molecule has 1 heterocycles. The molecule has 0 bridgehead atoms. The van der Waals surface area contributed by atoms with E-state index in [9.17, 15) is 0 Å². The van der Waals surface area contributed by atoms with Crippen molar-refractivity contribution >= 4 is 0 Å². The van der Waals surface area contributed by atoms with Gasteiger partial charge in [-0.1, -0.05) is 42.0 Å². The predicted molar refractivity (Wildman–Crippen MR) is 105 cm³/mol. The van der Waals surface area contributed by atoms with Gasteiger partial charge < -0.3 is 4.42 Å². The summed E-state index contributed by atoms with van der Waals surface area (Å²) in [7, 11) is 0. The number of hydrogen-bond acceptors (Lipinski definition) is 4. The van der Waals surface area contributed by atoms with Crippen LogP contribution < -0.4 is 0 Å². The van der Waals surface area contributed by atoms with Crippen molar-refractivity contribution in [3.63, 3.8) is 0 Å². The van der Waals surface area contributed by atoms with Gasteiger partial charge in [-0.2, -0.15) is 0 Å². The first kappa shape index (κ1) is 16.7. The zero-order valence-corrected chi connectivity index (χ0v) is 15.8. The molecular formula is C23H25N3O. The van der Waals surface area contributed by atoms with E-state index in [1.165, 1.54) is 48.8 Å². The van der Waals surface area contributed by atoms with E-state index in [4.69, 9.17) is 4.42 Å². The average molecular weight is 359 g/mol.